The molecule has 0 unspecified atom stereocenters. The lowest BCUT2D eigenvalue weighted by Gasteiger charge is -2.28. The summed E-state index contributed by atoms with van der Waals surface area (Å²) in [4.78, 5) is 12.3. The molecule has 31 heavy (non-hydrogen) atoms. The quantitative estimate of drug-likeness (QED) is 0.468. The van der Waals surface area contributed by atoms with E-state index in [2.05, 4.69) is 57.7 Å². The number of rotatable bonds is 12. The third-order valence-electron chi connectivity index (χ3n) is 5.50. The van der Waals surface area contributed by atoms with Crippen LogP contribution in [0.1, 0.15) is 77.6 Å². The van der Waals surface area contributed by atoms with Crippen LogP contribution in [0.3, 0.4) is 0 Å². The number of aromatic nitrogens is 2. The van der Waals surface area contributed by atoms with E-state index in [9.17, 15) is 5.11 Å². The van der Waals surface area contributed by atoms with Gasteiger partial charge in [-0.15, -0.1) is 0 Å². The van der Waals surface area contributed by atoms with Crippen LogP contribution in [0.2, 0.25) is 0 Å². The fourth-order valence-electron chi connectivity index (χ4n) is 3.92. The number of nitrogens with zero attached hydrogens (tertiary/aromatic N) is 3. The van der Waals surface area contributed by atoms with Gasteiger partial charge in [0.05, 0.1) is 17.9 Å². The minimum atomic E-state index is -0.776. The second-order valence-electron chi connectivity index (χ2n) is 8.84. The monoisotopic (exact) mass is 427 g/mol. The third kappa shape index (κ3) is 6.67. The first kappa shape index (κ1) is 25.1. The summed E-state index contributed by atoms with van der Waals surface area (Å²) in [6.07, 6.45) is 4.49. The Morgan fingerprint density at radius 1 is 0.968 bits per heavy atom. The van der Waals surface area contributed by atoms with Crippen LogP contribution in [0, 0.1) is 6.92 Å². The number of hydrogen-bond donors (Lipinski definition) is 1. The van der Waals surface area contributed by atoms with Gasteiger partial charge in [0.2, 0.25) is 5.88 Å². The highest BCUT2D eigenvalue weighted by atomic mass is 16.5. The van der Waals surface area contributed by atoms with Crippen molar-refractivity contribution in [1.29, 1.82) is 0 Å². The standard InChI is InChI=1S/C26H41N3O2/c1-8-16-29(17-9-2)23-19(5)27-24(28-25(23)31-18-15-26(6,7)30)22-20(10-3)13-12-14-21(22)11-4/h12-14,30H,8-11,15-18H2,1-7H3. The van der Waals surface area contributed by atoms with Gasteiger partial charge in [0.1, 0.15) is 5.69 Å². The fraction of sp³-hybridized carbons (Fsp3) is 0.615. The maximum absolute atomic E-state index is 10.1. The highest BCUT2D eigenvalue weighted by molar-refractivity contribution is 5.69. The van der Waals surface area contributed by atoms with Crippen LogP contribution >= 0.6 is 0 Å². The van der Waals surface area contributed by atoms with Crippen molar-refractivity contribution in [1.82, 2.24) is 9.97 Å². The van der Waals surface area contributed by atoms with Crippen molar-refractivity contribution in [2.75, 3.05) is 24.6 Å². The molecule has 2 aromatic rings. The van der Waals surface area contributed by atoms with Crippen LogP contribution in [0.25, 0.3) is 11.4 Å². The van der Waals surface area contributed by atoms with E-state index in [1.165, 1.54) is 11.1 Å². The average molecular weight is 428 g/mol. The smallest absolute Gasteiger partial charge is 0.241 e. The Morgan fingerprint density at radius 3 is 2.03 bits per heavy atom. The molecule has 0 aliphatic rings. The molecule has 0 radical (unpaired) electrons. The lowest BCUT2D eigenvalue weighted by atomic mass is 9.97. The Balaban J connectivity index is 2.61. The number of aryl methyl sites for hydroxylation is 3. The Kier molecular flexibility index (Phi) is 9.30. The molecule has 2 rings (SSSR count). The van der Waals surface area contributed by atoms with Gasteiger partial charge in [-0.2, -0.15) is 4.98 Å². The average Bonchev–Trinajstić information content (AvgIpc) is 2.71. The van der Waals surface area contributed by atoms with Crippen LogP contribution < -0.4 is 9.64 Å². The van der Waals surface area contributed by atoms with Gasteiger partial charge in [0, 0.05) is 25.1 Å². The van der Waals surface area contributed by atoms with Crippen LogP contribution in [-0.2, 0) is 12.8 Å². The van der Waals surface area contributed by atoms with Crippen molar-refractivity contribution in [2.24, 2.45) is 0 Å². The number of anilines is 1. The number of aliphatic hydroxyl groups is 1. The van der Waals surface area contributed by atoms with Gasteiger partial charge in [0.15, 0.2) is 5.82 Å². The van der Waals surface area contributed by atoms with Gasteiger partial charge in [-0.25, -0.2) is 4.98 Å². The van der Waals surface area contributed by atoms with Crippen molar-refractivity contribution < 1.29 is 9.84 Å². The summed E-state index contributed by atoms with van der Waals surface area (Å²) in [5.74, 6) is 1.36. The molecule has 1 heterocycles. The van der Waals surface area contributed by atoms with E-state index in [1.807, 2.05) is 0 Å². The second-order valence-corrected chi connectivity index (χ2v) is 8.84. The van der Waals surface area contributed by atoms with Crippen molar-refractivity contribution >= 4 is 5.69 Å². The van der Waals surface area contributed by atoms with E-state index in [0.29, 0.717) is 18.9 Å². The third-order valence-corrected chi connectivity index (χ3v) is 5.50. The predicted octanol–water partition coefficient (Wildman–Crippen LogP) is 5.74. The fourth-order valence-corrected chi connectivity index (χ4v) is 3.92. The summed E-state index contributed by atoms with van der Waals surface area (Å²) in [6.45, 7) is 16.7. The molecule has 1 aromatic heterocycles. The summed E-state index contributed by atoms with van der Waals surface area (Å²) in [5, 5.41) is 10.1. The first-order chi connectivity index (χ1) is 14.8. The number of benzene rings is 1. The van der Waals surface area contributed by atoms with E-state index in [1.54, 1.807) is 13.8 Å². The highest BCUT2D eigenvalue weighted by Crippen LogP contribution is 2.35. The van der Waals surface area contributed by atoms with Gasteiger partial charge in [-0.1, -0.05) is 45.9 Å². The number of ether oxygens (including phenoxy) is 1. The summed E-state index contributed by atoms with van der Waals surface area (Å²) in [5.41, 5.74) is 4.79. The first-order valence-electron chi connectivity index (χ1n) is 11.8. The SMILES string of the molecule is CCCN(CCC)c1c(C)nc(-c2c(CC)cccc2CC)nc1OCCC(C)(C)O. The summed E-state index contributed by atoms with van der Waals surface area (Å²) in [7, 11) is 0. The van der Waals surface area contributed by atoms with Crippen molar-refractivity contribution in [3.8, 4) is 17.3 Å². The molecular formula is C26H41N3O2. The van der Waals surface area contributed by atoms with Gasteiger partial charge in [0.25, 0.3) is 0 Å². The van der Waals surface area contributed by atoms with Crippen LogP contribution in [0.15, 0.2) is 18.2 Å². The highest BCUT2D eigenvalue weighted by Gasteiger charge is 2.22. The summed E-state index contributed by atoms with van der Waals surface area (Å²) < 4.78 is 6.22. The Hall–Kier alpha value is -2.14. The van der Waals surface area contributed by atoms with Crippen LogP contribution in [0.5, 0.6) is 5.88 Å². The molecule has 0 spiro atoms. The van der Waals surface area contributed by atoms with Gasteiger partial charge < -0.3 is 14.7 Å². The minimum Gasteiger partial charge on any atom is -0.476 e. The molecule has 0 aliphatic carbocycles. The predicted molar refractivity (Wildman–Crippen MR) is 130 cm³/mol. The Bertz CT molecular complexity index is 815. The molecule has 0 fully saturated rings. The molecule has 5 heteroatoms. The molecule has 172 valence electrons. The van der Waals surface area contributed by atoms with Crippen molar-refractivity contribution in [2.45, 2.75) is 86.2 Å². The molecule has 0 saturated carbocycles. The van der Waals surface area contributed by atoms with Crippen LogP contribution in [-0.4, -0.2) is 40.4 Å². The molecule has 1 N–H and O–H groups in total. The lowest BCUT2D eigenvalue weighted by Crippen LogP contribution is -2.28. The Morgan fingerprint density at radius 2 is 1.55 bits per heavy atom. The van der Waals surface area contributed by atoms with Crippen molar-refractivity contribution in [3.05, 3.63) is 35.0 Å². The van der Waals surface area contributed by atoms with Gasteiger partial charge >= 0.3 is 0 Å². The summed E-state index contributed by atoms with van der Waals surface area (Å²) >= 11 is 0. The maximum Gasteiger partial charge on any atom is 0.241 e. The van der Waals surface area contributed by atoms with E-state index in [4.69, 9.17) is 14.7 Å². The lowest BCUT2D eigenvalue weighted by molar-refractivity contribution is 0.0547. The molecule has 0 aliphatic heterocycles. The molecular weight excluding hydrogens is 386 g/mol. The van der Waals surface area contributed by atoms with Crippen molar-refractivity contribution in [3.63, 3.8) is 0 Å². The zero-order chi connectivity index (χ0) is 23.0. The maximum atomic E-state index is 10.1. The molecule has 0 amide bonds. The normalized spacial score (nSPS) is 11.6. The molecule has 0 saturated heterocycles. The Labute approximate surface area is 188 Å². The molecule has 1 aromatic carbocycles. The summed E-state index contributed by atoms with van der Waals surface area (Å²) in [6, 6.07) is 6.44. The van der Waals surface area contributed by atoms with Crippen LogP contribution in [0.4, 0.5) is 5.69 Å². The van der Waals surface area contributed by atoms with E-state index >= 15 is 0 Å². The number of hydrogen-bond acceptors (Lipinski definition) is 5. The molecule has 0 bridgehead atoms. The van der Waals surface area contributed by atoms with E-state index < -0.39 is 5.60 Å². The van der Waals surface area contributed by atoms with E-state index in [-0.39, 0.29) is 0 Å². The zero-order valence-electron chi connectivity index (χ0n) is 20.6. The minimum absolute atomic E-state index is 0.411. The largest absolute Gasteiger partial charge is 0.476 e. The first-order valence-corrected chi connectivity index (χ1v) is 11.8. The topological polar surface area (TPSA) is 58.5 Å². The molecule has 5 nitrogen and oxygen atoms in total. The zero-order valence-corrected chi connectivity index (χ0v) is 20.6. The molecule has 0 atom stereocenters. The second kappa shape index (κ2) is 11.5. The van der Waals surface area contributed by atoms with Gasteiger partial charge in [-0.3, -0.25) is 0 Å². The van der Waals surface area contributed by atoms with E-state index in [0.717, 1.165) is 61.5 Å². The van der Waals surface area contributed by atoms with Gasteiger partial charge in [-0.05, 0) is 57.6 Å².